The summed E-state index contributed by atoms with van der Waals surface area (Å²) in [5, 5.41) is 0. The van der Waals surface area contributed by atoms with Gasteiger partial charge in [-0.2, -0.15) is 0 Å². The number of fused-ring (bicyclic) bond motifs is 1. The second-order valence-electron chi connectivity index (χ2n) is 5.40. The van der Waals surface area contributed by atoms with Gasteiger partial charge in [0.15, 0.2) is 6.61 Å². The van der Waals surface area contributed by atoms with E-state index in [1.807, 2.05) is 6.92 Å². The fourth-order valence-corrected chi connectivity index (χ4v) is 5.15. The van der Waals surface area contributed by atoms with Crippen LogP contribution in [-0.2, 0) is 14.3 Å². The van der Waals surface area contributed by atoms with Gasteiger partial charge in [-0.05, 0) is 25.5 Å². The van der Waals surface area contributed by atoms with E-state index in [-0.39, 0.29) is 23.2 Å². The van der Waals surface area contributed by atoms with Gasteiger partial charge in [0.05, 0.1) is 14.1 Å². The second-order valence-corrected chi connectivity index (χ2v) is 8.62. The van der Waals surface area contributed by atoms with Crippen LogP contribution in [0.2, 0.25) is 4.34 Å². The third kappa shape index (κ3) is 2.77. The van der Waals surface area contributed by atoms with Crippen molar-refractivity contribution in [2.24, 2.45) is 0 Å². The maximum atomic E-state index is 12.2. The molecule has 22 heavy (non-hydrogen) atoms. The van der Waals surface area contributed by atoms with Crippen LogP contribution in [0.25, 0.3) is 0 Å². The van der Waals surface area contributed by atoms with Gasteiger partial charge in [-0.15, -0.1) is 23.1 Å². The Hall–Kier alpha value is -1.05. The number of halogens is 1. The Kier molecular flexibility index (Phi) is 4.22. The number of hydrogen-bond donors (Lipinski definition) is 0. The van der Waals surface area contributed by atoms with Crippen molar-refractivity contribution in [1.82, 2.24) is 4.90 Å². The number of carbonyl (C=O) groups is 3. The summed E-state index contributed by atoms with van der Waals surface area (Å²) < 4.78 is 5.63. The topological polar surface area (TPSA) is 63.7 Å². The molecule has 0 radical (unpaired) electrons. The minimum Gasteiger partial charge on any atom is -0.456 e. The van der Waals surface area contributed by atoms with Crippen LogP contribution >= 0.6 is 34.7 Å². The van der Waals surface area contributed by atoms with E-state index in [9.17, 15) is 14.4 Å². The van der Waals surface area contributed by atoms with Gasteiger partial charge in [-0.1, -0.05) is 11.6 Å². The summed E-state index contributed by atoms with van der Waals surface area (Å²) in [6.45, 7) is 1.64. The highest BCUT2D eigenvalue weighted by atomic mass is 35.5. The number of ether oxygens (including phenoxy) is 1. The second kappa shape index (κ2) is 5.86. The molecule has 0 aromatic carbocycles. The summed E-state index contributed by atoms with van der Waals surface area (Å²) in [5.41, 5.74) is 0. The lowest BCUT2D eigenvalue weighted by Gasteiger charge is -2.29. The summed E-state index contributed by atoms with van der Waals surface area (Å²) in [4.78, 5) is 37.9. The SMILES string of the molecule is C[C@@]12CCC(=O)N1[C@@H](C(=O)OCC(=O)c1ccc(Cl)s1)CS2. The molecule has 0 spiro atoms. The van der Waals surface area contributed by atoms with Crippen molar-refractivity contribution in [2.45, 2.75) is 30.7 Å². The lowest BCUT2D eigenvalue weighted by molar-refractivity contribution is -0.152. The zero-order valence-electron chi connectivity index (χ0n) is 11.8. The summed E-state index contributed by atoms with van der Waals surface area (Å²) >= 11 is 8.52. The number of esters is 1. The molecule has 1 aromatic rings. The average Bonchev–Trinajstić information content (AvgIpc) is 3.13. The van der Waals surface area contributed by atoms with Crippen LogP contribution in [0.15, 0.2) is 12.1 Å². The van der Waals surface area contributed by atoms with Crippen molar-refractivity contribution in [3.63, 3.8) is 0 Å². The molecule has 0 unspecified atom stereocenters. The van der Waals surface area contributed by atoms with Crippen LogP contribution in [0.1, 0.15) is 29.4 Å². The molecule has 8 heteroatoms. The predicted octanol–water partition coefficient (Wildman–Crippen LogP) is 2.58. The minimum absolute atomic E-state index is 0.0224. The van der Waals surface area contributed by atoms with Crippen molar-refractivity contribution < 1.29 is 19.1 Å². The van der Waals surface area contributed by atoms with Gasteiger partial charge in [0.1, 0.15) is 6.04 Å². The van der Waals surface area contributed by atoms with E-state index in [1.54, 1.807) is 28.8 Å². The highest BCUT2D eigenvalue weighted by Crippen LogP contribution is 2.47. The van der Waals surface area contributed by atoms with Crippen LogP contribution in [0.5, 0.6) is 0 Å². The van der Waals surface area contributed by atoms with Crippen LogP contribution in [0.4, 0.5) is 0 Å². The molecule has 2 saturated heterocycles. The van der Waals surface area contributed by atoms with E-state index < -0.39 is 12.0 Å². The van der Waals surface area contributed by atoms with Crippen LogP contribution in [-0.4, -0.2) is 45.8 Å². The maximum absolute atomic E-state index is 12.2. The van der Waals surface area contributed by atoms with Crippen LogP contribution < -0.4 is 0 Å². The summed E-state index contributed by atoms with van der Waals surface area (Å²) in [5.74, 6) is -0.306. The molecule has 0 bridgehead atoms. The lowest BCUT2D eigenvalue weighted by atomic mass is 10.2. The van der Waals surface area contributed by atoms with E-state index in [0.29, 0.717) is 21.4 Å². The fraction of sp³-hybridized carbons (Fsp3) is 0.500. The molecule has 2 atom stereocenters. The third-order valence-corrected chi connectivity index (χ3v) is 6.69. The smallest absolute Gasteiger partial charge is 0.330 e. The van der Waals surface area contributed by atoms with Crippen molar-refractivity contribution in [1.29, 1.82) is 0 Å². The number of thiophene rings is 1. The first-order valence-electron chi connectivity index (χ1n) is 6.82. The lowest BCUT2D eigenvalue weighted by Crippen LogP contribution is -2.46. The number of hydrogen-bond acceptors (Lipinski definition) is 6. The number of amides is 1. The fourth-order valence-electron chi connectivity index (χ4n) is 2.76. The summed E-state index contributed by atoms with van der Waals surface area (Å²) in [7, 11) is 0. The molecule has 3 rings (SSSR count). The molecule has 1 amide bonds. The van der Waals surface area contributed by atoms with Gasteiger partial charge in [0, 0.05) is 12.2 Å². The molecule has 118 valence electrons. The van der Waals surface area contributed by atoms with Crippen molar-refractivity contribution in [3.05, 3.63) is 21.3 Å². The Bertz CT molecular complexity index is 647. The zero-order chi connectivity index (χ0) is 15.9. The number of Topliss-reactive ketones (excluding diaryl/α,β-unsaturated/α-hetero) is 1. The molecule has 0 aliphatic carbocycles. The average molecular weight is 360 g/mol. The number of ketones is 1. The van der Waals surface area contributed by atoms with E-state index >= 15 is 0 Å². The van der Waals surface area contributed by atoms with Gasteiger partial charge in [0.25, 0.3) is 0 Å². The number of nitrogens with zero attached hydrogens (tertiary/aromatic N) is 1. The first-order chi connectivity index (χ1) is 10.4. The molecule has 2 aliphatic heterocycles. The van der Waals surface area contributed by atoms with Gasteiger partial charge >= 0.3 is 5.97 Å². The largest absolute Gasteiger partial charge is 0.456 e. The molecule has 2 aliphatic rings. The molecular formula is C14H14ClNO4S2. The quantitative estimate of drug-likeness (QED) is 0.610. The standard InChI is InChI=1S/C14H14ClNO4S2/c1-14-5-4-12(18)16(14)8(7-21-14)13(19)20-6-9(17)10-2-3-11(15)22-10/h2-3,8H,4-7H2,1H3/t8-,14-/m1/s1. The Labute approximate surface area is 140 Å². The first kappa shape index (κ1) is 15.8. The molecule has 1 aromatic heterocycles. The normalized spacial score (nSPS) is 27.1. The molecule has 3 heterocycles. The third-order valence-electron chi connectivity index (χ3n) is 3.91. The van der Waals surface area contributed by atoms with E-state index in [1.165, 1.54) is 0 Å². The maximum Gasteiger partial charge on any atom is 0.330 e. The number of thioether (sulfide) groups is 1. The van der Waals surface area contributed by atoms with Gasteiger partial charge in [0.2, 0.25) is 11.7 Å². The van der Waals surface area contributed by atoms with Crippen LogP contribution in [0, 0.1) is 0 Å². The Morgan fingerprint density at radius 3 is 2.95 bits per heavy atom. The monoisotopic (exact) mass is 359 g/mol. The van der Waals surface area contributed by atoms with Gasteiger partial charge in [-0.25, -0.2) is 4.79 Å². The highest BCUT2D eigenvalue weighted by Gasteiger charge is 2.53. The Morgan fingerprint density at radius 2 is 2.27 bits per heavy atom. The van der Waals surface area contributed by atoms with Crippen LogP contribution in [0.3, 0.4) is 0 Å². The first-order valence-corrected chi connectivity index (χ1v) is 9.00. The van der Waals surface area contributed by atoms with Gasteiger partial charge in [-0.3, -0.25) is 9.59 Å². The molecule has 0 saturated carbocycles. The number of rotatable bonds is 4. The van der Waals surface area contributed by atoms with Crippen molar-refractivity contribution in [2.75, 3.05) is 12.4 Å². The Balaban J connectivity index is 1.61. The summed E-state index contributed by atoms with van der Waals surface area (Å²) in [6.07, 6.45) is 1.20. The highest BCUT2D eigenvalue weighted by molar-refractivity contribution is 8.01. The van der Waals surface area contributed by atoms with E-state index in [0.717, 1.165) is 17.8 Å². The Morgan fingerprint density at radius 1 is 1.50 bits per heavy atom. The minimum atomic E-state index is -0.593. The molecule has 5 nitrogen and oxygen atoms in total. The molecule has 0 N–H and O–H groups in total. The molecule has 2 fully saturated rings. The van der Waals surface area contributed by atoms with Crippen molar-refractivity contribution in [3.8, 4) is 0 Å². The predicted molar refractivity (Wildman–Crippen MR) is 85.3 cm³/mol. The number of carbonyl (C=O) groups excluding carboxylic acids is 3. The van der Waals surface area contributed by atoms with Gasteiger partial charge < -0.3 is 9.64 Å². The summed E-state index contributed by atoms with van der Waals surface area (Å²) in [6, 6.07) is 2.64. The molecular weight excluding hydrogens is 346 g/mol. The van der Waals surface area contributed by atoms with E-state index in [2.05, 4.69) is 0 Å². The van der Waals surface area contributed by atoms with E-state index in [4.69, 9.17) is 16.3 Å². The van der Waals surface area contributed by atoms with Crippen molar-refractivity contribution >= 4 is 52.4 Å². The zero-order valence-corrected chi connectivity index (χ0v) is 14.2.